The number of methoxy groups -OCH3 is 1. The highest BCUT2D eigenvalue weighted by molar-refractivity contribution is 7.99. The van der Waals surface area contributed by atoms with E-state index in [1.807, 2.05) is 4.57 Å². The Balaban J connectivity index is 1.93. The first-order valence-corrected chi connectivity index (χ1v) is 6.97. The van der Waals surface area contributed by atoms with E-state index in [4.69, 9.17) is 4.74 Å². The van der Waals surface area contributed by atoms with Crippen LogP contribution in [0.5, 0.6) is 0 Å². The topological polar surface area (TPSA) is 57.0 Å². The number of thioether (sulfide) groups is 1. The third-order valence-corrected chi connectivity index (χ3v) is 3.60. The monoisotopic (exact) mass is 295 g/mol. The zero-order valence-electron chi connectivity index (χ0n) is 11.0. The van der Waals surface area contributed by atoms with Gasteiger partial charge in [-0.25, -0.2) is 4.39 Å². The molecule has 0 saturated heterocycles. The molecule has 0 saturated carbocycles. The van der Waals surface area contributed by atoms with Crippen LogP contribution in [0.2, 0.25) is 0 Å². The molecule has 0 amide bonds. The molecule has 20 heavy (non-hydrogen) atoms. The number of halogens is 1. The fraction of sp³-hybridized carbons (Fsp3) is 0.308. The second-order valence-electron chi connectivity index (χ2n) is 4.02. The minimum atomic E-state index is -0.353. The molecule has 0 aliphatic carbocycles. The predicted molar refractivity (Wildman–Crippen MR) is 73.4 cm³/mol. The molecule has 0 spiro atoms. The average Bonchev–Trinajstić information content (AvgIpc) is 2.90. The zero-order chi connectivity index (χ0) is 14.4. The highest BCUT2D eigenvalue weighted by atomic mass is 32.2. The molecular weight excluding hydrogens is 281 g/mol. The maximum absolute atomic E-state index is 12.8. The van der Waals surface area contributed by atoms with E-state index in [9.17, 15) is 9.18 Å². The van der Waals surface area contributed by atoms with E-state index in [2.05, 4.69) is 10.2 Å². The molecule has 106 valence electrons. The number of rotatable bonds is 7. The first kappa shape index (κ1) is 14.7. The van der Waals surface area contributed by atoms with Gasteiger partial charge in [0.1, 0.15) is 12.1 Å². The molecule has 0 aliphatic rings. The van der Waals surface area contributed by atoms with Crippen molar-refractivity contribution in [3.8, 4) is 0 Å². The van der Waals surface area contributed by atoms with Gasteiger partial charge < -0.3 is 9.30 Å². The van der Waals surface area contributed by atoms with Crippen molar-refractivity contribution >= 4 is 17.5 Å². The Morgan fingerprint density at radius 3 is 2.85 bits per heavy atom. The van der Waals surface area contributed by atoms with Gasteiger partial charge in [-0.05, 0) is 24.3 Å². The van der Waals surface area contributed by atoms with Gasteiger partial charge in [-0.15, -0.1) is 10.2 Å². The lowest BCUT2D eigenvalue weighted by atomic mass is 10.1. The number of benzene rings is 1. The van der Waals surface area contributed by atoms with Crippen molar-refractivity contribution in [2.45, 2.75) is 11.7 Å². The maximum atomic E-state index is 12.8. The van der Waals surface area contributed by atoms with Gasteiger partial charge in [-0.1, -0.05) is 11.8 Å². The van der Waals surface area contributed by atoms with Gasteiger partial charge >= 0.3 is 0 Å². The number of Topliss-reactive ketones (excluding diaryl/α,β-unsaturated/α-hetero) is 1. The number of hydrogen-bond donors (Lipinski definition) is 0. The summed E-state index contributed by atoms with van der Waals surface area (Å²) in [5, 5.41) is 8.43. The van der Waals surface area contributed by atoms with E-state index < -0.39 is 0 Å². The quantitative estimate of drug-likeness (QED) is 0.578. The van der Waals surface area contributed by atoms with Crippen molar-refractivity contribution in [1.29, 1.82) is 0 Å². The molecule has 1 heterocycles. The molecule has 1 aromatic heterocycles. The summed E-state index contributed by atoms with van der Waals surface area (Å²) >= 11 is 1.30. The lowest BCUT2D eigenvalue weighted by molar-refractivity contribution is 0.102. The summed E-state index contributed by atoms with van der Waals surface area (Å²) < 4.78 is 19.6. The van der Waals surface area contributed by atoms with Crippen LogP contribution in [0, 0.1) is 5.82 Å². The number of carbonyl (C=O) groups is 1. The fourth-order valence-corrected chi connectivity index (χ4v) is 2.38. The van der Waals surface area contributed by atoms with E-state index in [0.29, 0.717) is 23.9 Å². The molecule has 0 atom stereocenters. The Morgan fingerprint density at radius 1 is 1.40 bits per heavy atom. The zero-order valence-corrected chi connectivity index (χ0v) is 11.8. The van der Waals surface area contributed by atoms with E-state index >= 15 is 0 Å². The lowest BCUT2D eigenvalue weighted by Crippen LogP contribution is -2.07. The molecule has 1 aromatic carbocycles. The Hall–Kier alpha value is -1.73. The first-order valence-electron chi connectivity index (χ1n) is 5.99. The number of hydrogen-bond acceptors (Lipinski definition) is 5. The highest BCUT2D eigenvalue weighted by Gasteiger charge is 2.10. The Bertz CT molecular complexity index is 571. The second kappa shape index (κ2) is 7.16. The van der Waals surface area contributed by atoms with Gasteiger partial charge in [-0.3, -0.25) is 4.79 Å². The van der Waals surface area contributed by atoms with E-state index in [0.717, 1.165) is 0 Å². The van der Waals surface area contributed by atoms with Crippen molar-refractivity contribution in [2.24, 2.45) is 0 Å². The molecule has 5 nitrogen and oxygen atoms in total. The van der Waals surface area contributed by atoms with Crippen molar-refractivity contribution in [1.82, 2.24) is 14.8 Å². The molecule has 0 bridgehead atoms. The van der Waals surface area contributed by atoms with Crippen molar-refractivity contribution in [3.05, 3.63) is 42.0 Å². The van der Waals surface area contributed by atoms with Crippen molar-refractivity contribution < 1.29 is 13.9 Å². The Morgan fingerprint density at radius 2 is 2.15 bits per heavy atom. The predicted octanol–water partition coefficient (Wildman–Crippen LogP) is 2.04. The van der Waals surface area contributed by atoms with E-state index in [1.54, 1.807) is 13.4 Å². The third-order valence-electron chi connectivity index (χ3n) is 2.61. The summed E-state index contributed by atoms with van der Waals surface area (Å²) in [6.07, 6.45) is 1.60. The van der Waals surface area contributed by atoms with Gasteiger partial charge in [-0.2, -0.15) is 0 Å². The van der Waals surface area contributed by atoms with Crippen LogP contribution in [0.25, 0.3) is 0 Å². The van der Waals surface area contributed by atoms with Gasteiger partial charge in [0.15, 0.2) is 10.9 Å². The third kappa shape index (κ3) is 3.88. The summed E-state index contributed by atoms with van der Waals surface area (Å²) in [6.45, 7) is 1.19. The molecule has 0 radical (unpaired) electrons. The van der Waals surface area contributed by atoms with Crippen LogP contribution in [0.4, 0.5) is 4.39 Å². The Kier molecular flexibility index (Phi) is 5.25. The molecule has 7 heteroatoms. The van der Waals surface area contributed by atoms with Crippen molar-refractivity contribution in [3.63, 3.8) is 0 Å². The standard InChI is InChI=1S/C13H14FN3O2S/c1-19-7-6-17-9-15-16-13(17)20-8-12(18)10-2-4-11(14)5-3-10/h2-5,9H,6-8H2,1H3. The molecular formula is C13H14FN3O2S. The van der Waals surface area contributed by atoms with Gasteiger partial charge in [0.05, 0.1) is 12.4 Å². The normalized spacial score (nSPS) is 10.7. The molecule has 2 aromatic rings. The number of carbonyl (C=O) groups excluding carboxylic acids is 1. The van der Waals surface area contributed by atoms with Gasteiger partial charge in [0.2, 0.25) is 0 Å². The van der Waals surface area contributed by atoms with Gasteiger partial charge in [0, 0.05) is 19.2 Å². The Labute approximate surface area is 120 Å². The first-order chi connectivity index (χ1) is 9.70. The average molecular weight is 295 g/mol. The van der Waals surface area contributed by atoms with Crippen LogP contribution in [0.15, 0.2) is 35.7 Å². The van der Waals surface area contributed by atoms with Crippen LogP contribution in [-0.4, -0.2) is 40.0 Å². The minimum Gasteiger partial charge on any atom is -0.383 e. The largest absolute Gasteiger partial charge is 0.383 e. The summed E-state index contributed by atoms with van der Waals surface area (Å²) in [5.41, 5.74) is 0.488. The minimum absolute atomic E-state index is 0.0729. The molecule has 0 N–H and O–H groups in total. The summed E-state index contributed by atoms with van der Waals surface area (Å²) in [7, 11) is 1.62. The van der Waals surface area contributed by atoms with Gasteiger partial charge in [0.25, 0.3) is 0 Å². The van der Waals surface area contributed by atoms with Crippen LogP contribution in [-0.2, 0) is 11.3 Å². The molecule has 0 aliphatic heterocycles. The number of nitrogens with zero attached hydrogens (tertiary/aromatic N) is 3. The number of aromatic nitrogens is 3. The summed E-state index contributed by atoms with van der Waals surface area (Å²) in [4.78, 5) is 12.0. The SMILES string of the molecule is COCCn1cnnc1SCC(=O)c1ccc(F)cc1. The summed E-state index contributed by atoms with van der Waals surface area (Å²) in [5.74, 6) is -0.193. The van der Waals surface area contributed by atoms with Crippen LogP contribution in [0.1, 0.15) is 10.4 Å². The number of ether oxygens (including phenoxy) is 1. The van der Waals surface area contributed by atoms with Crippen LogP contribution >= 0.6 is 11.8 Å². The fourth-order valence-electron chi connectivity index (χ4n) is 1.55. The molecule has 0 fully saturated rings. The van der Waals surface area contributed by atoms with Crippen LogP contribution in [0.3, 0.4) is 0 Å². The molecule has 0 unspecified atom stereocenters. The highest BCUT2D eigenvalue weighted by Crippen LogP contribution is 2.16. The lowest BCUT2D eigenvalue weighted by Gasteiger charge is -2.05. The summed E-state index contributed by atoms with van der Waals surface area (Å²) in [6, 6.07) is 5.51. The van der Waals surface area contributed by atoms with E-state index in [1.165, 1.54) is 36.0 Å². The maximum Gasteiger partial charge on any atom is 0.191 e. The second-order valence-corrected chi connectivity index (χ2v) is 4.96. The van der Waals surface area contributed by atoms with E-state index in [-0.39, 0.29) is 17.4 Å². The smallest absolute Gasteiger partial charge is 0.191 e. The van der Waals surface area contributed by atoms with Crippen LogP contribution < -0.4 is 0 Å². The molecule has 2 rings (SSSR count). The number of ketones is 1. The van der Waals surface area contributed by atoms with Crippen molar-refractivity contribution in [2.75, 3.05) is 19.5 Å².